The molecule has 5 nitrogen and oxygen atoms in total. The molecule has 0 aliphatic heterocycles. The predicted molar refractivity (Wildman–Crippen MR) is 84.2 cm³/mol. The molecule has 2 N–H and O–H groups in total. The predicted octanol–water partition coefficient (Wildman–Crippen LogP) is 2.25. The highest BCUT2D eigenvalue weighted by Gasteiger charge is 2.20. The maximum atomic E-state index is 12.0. The number of ether oxygens (including phenoxy) is 1. The Balaban J connectivity index is 2.52. The van der Waals surface area contributed by atoms with E-state index < -0.39 is 0 Å². The molecule has 6 heteroatoms. The molecule has 1 amide bonds. The van der Waals surface area contributed by atoms with E-state index >= 15 is 0 Å². The average molecular weight is 312 g/mol. The Morgan fingerprint density at radius 2 is 2.10 bits per heavy atom. The van der Waals surface area contributed by atoms with Crippen molar-refractivity contribution in [2.45, 2.75) is 45.2 Å². The van der Waals surface area contributed by atoms with E-state index in [9.17, 15) is 9.59 Å². The molecule has 1 aromatic heterocycles. The van der Waals surface area contributed by atoms with Gasteiger partial charge < -0.3 is 15.4 Å². The van der Waals surface area contributed by atoms with Crippen LogP contribution >= 0.6 is 11.3 Å². The molecule has 0 aromatic carbocycles. The SMILES string of the molecule is COC(=O)CC(NC(=O)CCNC(C)(C)C)c1cccs1. The first-order valence-corrected chi connectivity index (χ1v) is 7.84. The maximum absolute atomic E-state index is 12.0. The Morgan fingerprint density at radius 3 is 2.62 bits per heavy atom. The summed E-state index contributed by atoms with van der Waals surface area (Å²) in [6.45, 7) is 6.76. The van der Waals surface area contributed by atoms with Gasteiger partial charge in [0, 0.05) is 23.4 Å². The van der Waals surface area contributed by atoms with Crippen LogP contribution in [0.4, 0.5) is 0 Å². The van der Waals surface area contributed by atoms with E-state index in [4.69, 9.17) is 0 Å². The summed E-state index contributed by atoms with van der Waals surface area (Å²) in [6.07, 6.45) is 0.524. The van der Waals surface area contributed by atoms with Crippen molar-refractivity contribution in [1.82, 2.24) is 10.6 Å². The van der Waals surface area contributed by atoms with Crippen molar-refractivity contribution in [3.05, 3.63) is 22.4 Å². The third kappa shape index (κ3) is 7.24. The number of hydrogen-bond donors (Lipinski definition) is 2. The van der Waals surface area contributed by atoms with Crippen molar-refractivity contribution in [2.75, 3.05) is 13.7 Å². The van der Waals surface area contributed by atoms with Crippen LogP contribution in [0, 0.1) is 0 Å². The zero-order chi connectivity index (χ0) is 15.9. The van der Waals surface area contributed by atoms with Gasteiger partial charge >= 0.3 is 5.97 Å². The molecule has 0 saturated heterocycles. The van der Waals surface area contributed by atoms with Gasteiger partial charge in [0.25, 0.3) is 0 Å². The number of thiophene rings is 1. The third-order valence-corrected chi connectivity index (χ3v) is 3.81. The van der Waals surface area contributed by atoms with E-state index in [0.717, 1.165) is 4.88 Å². The van der Waals surface area contributed by atoms with E-state index in [1.54, 1.807) is 0 Å². The van der Waals surface area contributed by atoms with Gasteiger partial charge in [0.15, 0.2) is 0 Å². The molecule has 1 unspecified atom stereocenters. The maximum Gasteiger partial charge on any atom is 0.307 e. The molecular formula is C15H24N2O3S. The first kappa shape index (κ1) is 17.7. The molecule has 1 heterocycles. The van der Waals surface area contributed by atoms with E-state index in [-0.39, 0.29) is 29.9 Å². The topological polar surface area (TPSA) is 67.4 Å². The highest BCUT2D eigenvalue weighted by molar-refractivity contribution is 7.10. The number of amides is 1. The number of nitrogens with one attached hydrogen (secondary N) is 2. The van der Waals surface area contributed by atoms with Crippen molar-refractivity contribution >= 4 is 23.2 Å². The number of carbonyl (C=O) groups is 2. The van der Waals surface area contributed by atoms with Gasteiger partial charge in [-0.2, -0.15) is 0 Å². The normalized spacial score (nSPS) is 12.8. The molecular weight excluding hydrogens is 288 g/mol. The molecule has 0 spiro atoms. The van der Waals surface area contributed by atoms with E-state index in [1.807, 2.05) is 17.5 Å². The lowest BCUT2D eigenvalue weighted by molar-refractivity contribution is -0.141. The number of hydrogen-bond acceptors (Lipinski definition) is 5. The van der Waals surface area contributed by atoms with Crippen molar-refractivity contribution < 1.29 is 14.3 Å². The summed E-state index contributed by atoms with van der Waals surface area (Å²) in [7, 11) is 1.35. The molecule has 1 rings (SSSR count). The average Bonchev–Trinajstić information content (AvgIpc) is 2.90. The van der Waals surface area contributed by atoms with Crippen LogP contribution in [0.15, 0.2) is 17.5 Å². The van der Waals surface area contributed by atoms with Crippen LogP contribution in [0.1, 0.15) is 44.5 Å². The zero-order valence-electron chi connectivity index (χ0n) is 13.1. The lowest BCUT2D eigenvalue weighted by atomic mass is 10.1. The molecule has 0 saturated carbocycles. The number of carbonyl (C=O) groups excluding carboxylic acids is 2. The fraction of sp³-hybridized carbons (Fsp3) is 0.600. The Kier molecular flexibility index (Phi) is 6.84. The van der Waals surface area contributed by atoms with Crippen LogP contribution in [0.3, 0.4) is 0 Å². The minimum absolute atomic E-state index is 0.0144. The highest BCUT2D eigenvalue weighted by atomic mass is 32.1. The molecule has 0 aliphatic rings. The largest absolute Gasteiger partial charge is 0.469 e. The summed E-state index contributed by atoms with van der Waals surface area (Å²) in [5.41, 5.74) is -0.0144. The molecule has 118 valence electrons. The summed E-state index contributed by atoms with van der Waals surface area (Å²) in [5.74, 6) is -0.407. The summed E-state index contributed by atoms with van der Waals surface area (Å²) in [6, 6.07) is 3.49. The zero-order valence-corrected chi connectivity index (χ0v) is 13.9. The van der Waals surface area contributed by atoms with Crippen LogP contribution in [-0.2, 0) is 14.3 Å². The van der Waals surface area contributed by atoms with Crippen molar-refractivity contribution in [3.8, 4) is 0 Å². The highest BCUT2D eigenvalue weighted by Crippen LogP contribution is 2.22. The van der Waals surface area contributed by atoms with Gasteiger partial charge in [0.05, 0.1) is 19.6 Å². The number of esters is 1. The smallest absolute Gasteiger partial charge is 0.307 e. The standard InChI is InChI=1S/C15H24N2O3S/c1-15(2,3)16-8-7-13(18)17-11(10-14(19)20-4)12-6-5-9-21-12/h5-6,9,11,16H,7-8,10H2,1-4H3,(H,17,18). The van der Waals surface area contributed by atoms with Gasteiger partial charge in [0.1, 0.15) is 0 Å². The van der Waals surface area contributed by atoms with Gasteiger partial charge in [-0.05, 0) is 32.2 Å². The van der Waals surface area contributed by atoms with Crippen LogP contribution < -0.4 is 10.6 Å². The monoisotopic (exact) mass is 312 g/mol. The summed E-state index contributed by atoms with van der Waals surface area (Å²) < 4.78 is 4.69. The third-order valence-electron chi connectivity index (χ3n) is 2.83. The van der Waals surface area contributed by atoms with Crippen molar-refractivity contribution in [3.63, 3.8) is 0 Å². The second kappa shape index (κ2) is 8.14. The van der Waals surface area contributed by atoms with E-state index in [0.29, 0.717) is 13.0 Å². The summed E-state index contributed by atoms with van der Waals surface area (Å²) in [4.78, 5) is 24.4. The number of rotatable bonds is 7. The fourth-order valence-corrected chi connectivity index (χ4v) is 2.56. The Bertz CT molecular complexity index is 452. The second-order valence-corrected chi connectivity index (χ2v) is 6.82. The second-order valence-electron chi connectivity index (χ2n) is 5.84. The van der Waals surface area contributed by atoms with Crippen molar-refractivity contribution in [2.24, 2.45) is 0 Å². The van der Waals surface area contributed by atoms with Crippen LogP contribution in [0.5, 0.6) is 0 Å². The lowest BCUT2D eigenvalue weighted by Gasteiger charge is -2.21. The quantitative estimate of drug-likeness (QED) is 0.758. The fourth-order valence-electron chi connectivity index (χ4n) is 1.78. The van der Waals surface area contributed by atoms with Crippen LogP contribution in [0.2, 0.25) is 0 Å². The van der Waals surface area contributed by atoms with Crippen molar-refractivity contribution in [1.29, 1.82) is 0 Å². The van der Waals surface area contributed by atoms with E-state index in [2.05, 4.69) is 36.1 Å². The molecule has 0 radical (unpaired) electrons. The van der Waals surface area contributed by atoms with Gasteiger partial charge in [-0.15, -0.1) is 11.3 Å². The molecule has 0 fully saturated rings. The molecule has 1 atom stereocenters. The Hall–Kier alpha value is -1.40. The lowest BCUT2D eigenvalue weighted by Crippen LogP contribution is -2.39. The van der Waals surface area contributed by atoms with Gasteiger partial charge in [0.2, 0.25) is 5.91 Å². The van der Waals surface area contributed by atoms with Crippen LogP contribution in [0.25, 0.3) is 0 Å². The summed E-state index contributed by atoms with van der Waals surface area (Å²) >= 11 is 1.52. The van der Waals surface area contributed by atoms with Gasteiger partial charge in [-0.3, -0.25) is 9.59 Å². The van der Waals surface area contributed by atoms with E-state index in [1.165, 1.54) is 18.4 Å². The first-order chi connectivity index (χ1) is 9.81. The van der Waals surface area contributed by atoms with Crippen LogP contribution in [-0.4, -0.2) is 31.1 Å². The minimum atomic E-state index is -0.332. The molecule has 0 aliphatic carbocycles. The first-order valence-electron chi connectivity index (χ1n) is 6.96. The molecule has 0 bridgehead atoms. The Labute approximate surface area is 130 Å². The summed E-state index contributed by atoms with van der Waals surface area (Å²) in [5, 5.41) is 8.09. The molecule has 1 aromatic rings. The Morgan fingerprint density at radius 1 is 1.38 bits per heavy atom. The number of methoxy groups -OCH3 is 1. The minimum Gasteiger partial charge on any atom is -0.469 e. The van der Waals surface area contributed by atoms with Gasteiger partial charge in [-0.25, -0.2) is 0 Å². The molecule has 21 heavy (non-hydrogen) atoms. The van der Waals surface area contributed by atoms with Gasteiger partial charge in [-0.1, -0.05) is 6.07 Å².